The monoisotopic (exact) mass is 192 g/mol. The van der Waals surface area contributed by atoms with Crippen molar-refractivity contribution in [3.05, 3.63) is 24.0 Å². The van der Waals surface area contributed by atoms with E-state index in [0.717, 1.165) is 12.2 Å². The van der Waals surface area contributed by atoms with Crippen molar-refractivity contribution in [3.63, 3.8) is 0 Å². The van der Waals surface area contributed by atoms with Gasteiger partial charge in [0.25, 0.3) is 0 Å². The summed E-state index contributed by atoms with van der Waals surface area (Å²) in [6, 6.07) is 3.96. The molecule has 4 N–H and O–H groups in total. The van der Waals surface area contributed by atoms with Gasteiger partial charge in [-0.15, -0.1) is 5.10 Å². The van der Waals surface area contributed by atoms with Crippen molar-refractivity contribution in [1.82, 2.24) is 20.2 Å². The van der Waals surface area contributed by atoms with Crippen LogP contribution in [0.15, 0.2) is 18.3 Å². The van der Waals surface area contributed by atoms with Crippen LogP contribution in [0.3, 0.4) is 0 Å². The molecule has 6 heteroatoms. The van der Waals surface area contributed by atoms with E-state index in [-0.39, 0.29) is 0 Å². The second kappa shape index (κ2) is 3.41. The fourth-order valence-electron chi connectivity index (χ4n) is 1.23. The molecule has 14 heavy (non-hydrogen) atoms. The molecule has 0 aromatic carbocycles. The molecule has 74 valence electrons. The van der Waals surface area contributed by atoms with Crippen LogP contribution >= 0.6 is 0 Å². The molecule has 0 saturated carbocycles. The SMILES string of the molecule is CN(Cc1ccc[nH]1)c1n[nH]c(N)n1. The predicted molar refractivity (Wildman–Crippen MR) is 53.7 cm³/mol. The van der Waals surface area contributed by atoms with E-state index in [1.165, 1.54) is 0 Å². The van der Waals surface area contributed by atoms with Gasteiger partial charge in [-0.3, -0.25) is 0 Å². The Bertz CT molecular complexity index is 390. The number of aromatic amines is 2. The Balaban J connectivity index is 2.06. The molecule has 0 aliphatic carbocycles. The Labute approximate surface area is 81.1 Å². The van der Waals surface area contributed by atoms with E-state index < -0.39 is 0 Å². The second-order valence-corrected chi connectivity index (χ2v) is 3.07. The number of nitrogens with one attached hydrogen (secondary N) is 2. The molecule has 2 rings (SSSR count). The number of hydrogen-bond acceptors (Lipinski definition) is 4. The predicted octanol–water partition coefficient (Wildman–Crippen LogP) is 0.351. The van der Waals surface area contributed by atoms with Gasteiger partial charge in [0.1, 0.15) is 0 Å². The number of H-pyrrole nitrogens is 2. The lowest BCUT2D eigenvalue weighted by Gasteiger charge is -2.12. The summed E-state index contributed by atoms with van der Waals surface area (Å²) < 4.78 is 0. The van der Waals surface area contributed by atoms with E-state index in [0.29, 0.717) is 11.9 Å². The molecule has 2 heterocycles. The highest BCUT2D eigenvalue weighted by molar-refractivity contribution is 5.33. The van der Waals surface area contributed by atoms with Crippen molar-refractivity contribution < 1.29 is 0 Å². The highest BCUT2D eigenvalue weighted by Crippen LogP contribution is 2.08. The van der Waals surface area contributed by atoms with Crippen LogP contribution in [0.4, 0.5) is 11.9 Å². The molecule has 0 radical (unpaired) electrons. The van der Waals surface area contributed by atoms with Crippen LogP contribution in [0.1, 0.15) is 5.69 Å². The minimum atomic E-state index is 0.332. The van der Waals surface area contributed by atoms with Gasteiger partial charge in [-0.1, -0.05) is 0 Å². The molecule has 0 atom stereocenters. The van der Waals surface area contributed by atoms with Gasteiger partial charge in [0.15, 0.2) is 0 Å². The van der Waals surface area contributed by atoms with Gasteiger partial charge < -0.3 is 15.6 Å². The Morgan fingerprint density at radius 1 is 1.57 bits per heavy atom. The third-order valence-electron chi connectivity index (χ3n) is 1.90. The molecule has 0 amide bonds. The van der Waals surface area contributed by atoms with E-state index in [1.807, 2.05) is 30.3 Å². The standard InChI is InChI=1S/C8H12N6/c1-14(5-6-3-2-4-10-6)8-11-7(9)12-13-8/h2-4,10H,5H2,1H3,(H3,9,11,12,13). The Kier molecular flexibility index (Phi) is 2.10. The summed E-state index contributed by atoms with van der Waals surface area (Å²) in [7, 11) is 1.91. The maximum atomic E-state index is 5.43. The van der Waals surface area contributed by atoms with E-state index in [4.69, 9.17) is 5.73 Å². The van der Waals surface area contributed by atoms with Crippen LogP contribution < -0.4 is 10.6 Å². The Hall–Kier alpha value is -1.98. The maximum absolute atomic E-state index is 5.43. The first-order valence-corrected chi connectivity index (χ1v) is 4.27. The first kappa shape index (κ1) is 8.61. The number of aromatic nitrogens is 4. The van der Waals surface area contributed by atoms with Gasteiger partial charge in [0.2, 0.25) is 11.9 Å². The molecule has 2 aromatic heterocycles. The number of nitrogen functional groups attached to an aromatic ring is 1. The van der Waals surface area contributed by atoms with Gasteiger partial charge >= 0.3 is 0 Å². The fraction of sp³-hybridized carbons (Fsp3) is 0.250. The number of rotatable bonds is 3. The van der Waals surface area contributed by atoms with E-state index in [9.17, 15) is 0 Å². The summed E-state index contributed by atoms with van der Waals surface area (Å²) in [5, 5.41) is 6.54. The van der Waals surface area contributed by atoms with Gasteiger partial charge in [-0.05, 0) is 12.1 Å². The highest BCUT2D eigenvalue weighted by Gasteiger charge is 2.06. The zero-order valence-corrected chi connectivity index (χ0v) is 7.86. The number of hydrogen-bond donors (Lipinski definition) is 3. The third-order valence-corrected chi connectivity index (χ3v) is 1.90. The second-order valence-electron chi connectivity index (χ2n) is 3.07. The summed E-state index contributed by atoms with van der Waals surface area (Å²) in [5.41, 5.74) is 6.53. The van der Waals surface area contributed by atoms with Gasteiger partial charge in [0.05, 0.1) is 6.54 Å². The minimum Gasteiger partial charge on any atom is -0.368 e. The highest BCUT2D eigenvalue weighted by atomic mass is 15.4. The first-order chi connectivity index (χ1) is 6.75. The summed E-state index contributed by atoms with van der Waals surface area (Å²) in [4.78, 5) is 9.02. The van der Waals surface area contributed by atoms with Gasteiger partial charge in [0, 0.05) is 18.9 Å². The summed E-state index contributed by atoms with van der Waals surface area (Å²) in [5.74, 6) is 0.926. The van der Waals surface area contributed by atoms with E-state index >= 15 is 0 Å². The topological polar surface area (TPSA) is 86.6 Å². The zero-order valence-electron chi connectivity index (χ0n) is 7.86. The van der Waals surface area contributed by atoms with Crippen molar-refractivity contribution in [2.45, 2.75) is 6.54 Å². The van der Waals surface area contributed by atoms with Crippen LogP contribution in [0.2, 0.25) is 0 Å². The van der Waals surface area contributed by atoms with Gasteiger partial charge in [-0.25, -0.2) is 5.10 Å². The van der Waals surface area contributed by atoms with Crippen molar-refractivity contribution in [3.8, 4) is 0 Å². The molecule has 2 aromatic rings. The lowest BCUT2D eigenvalue weighted by Crippen LogP contribution is -2.17. The Morgan fingerprint density at radius 3 is 3.00 bits per heavy atom. The van der Waals surface area contributed by atoms with Crippen molar-refractivity contribution in [2.75, 3.05) is 17.7 Å². The van der Waals surface area contributed by atoms with E-state index in [1.54, 1.807) is 0 Å². The zero-order chi connectivity index (χ0) is 9.97. The quantitative estimate of drug-likeness (QED) is 0.655. The summed E-state index contributed by atoms with van der Waals surface area (Å²) in [6.07, 6.45) is 1.88. The molecule has 0 fully saturated rings. The summed E-state index contributed by atoms with van der Waals surface area (Å²) in [6.45, 7) is 0.726. The van der Waals surface area contributed by atoms with Crippen LogP contribution in [0.5, 0.6) is 0 Å². The molecule has 0 spiro atoms. The number of nitrogens with zero attached hydrogens (tertiary/aromatic N) is 3. The molecule has 6 nitrogen and oxygen atoms in total. The van der Waals surface area contributed by atoms with Gasteiger partial charge in [-0.2, -0.15) is 4.98 Å². The third kappa shape index (κ3) is 1.68. The molecule has 0 unspecified atom stereocenters. The Morgan fingerprint density at radius 2 is 2.43 bits per heavy atom. The smallest absolute Gasteiger partial charge is 0.246 e. The molecular weight excluding hydrogens is 180 g/mol. The average molecular weight is 192 g/mol. The lowest BCUT2D eigenvalue weighted by atomic mass is 10.4. The van der Waals surface area contributed by atoms with Crippen molar-refractivity contribution in [1.29, 1.82) is 0 Å². The molecule has 0 aliphatic heterocycles. The fourth-order valence-corrected chi connectivity index (χ4v) is 1.23. The largest absolute Gasteiger partial charge is 0.368 e. The summed E-state index contributed by atoms with van der Waals surface area (Å²) >= 11 is 0. The van der Waals surface area contributed by atoms with Crippen LogP contribution in [0, 0.1) is 0 Å². The average Bonchev–Trinajstić information content (AvgIpc) is 2.75. The lowest BCUT2D eigenvalue weighted by molar-refractivity contribution is 0.851. The van der Waals surface area contributed by atoms with Crippen LogP contribution in [0.25, 0.3) is 0 Å². The van der Waals surface area contributed by atoms with Crippen LogP contribution in [-0.2, 0) is 6.54 Å². The maximum Gasteiger partial charge on any atom is 0.246 e. The number of anilines is 2. The van der Waals surface area contributed by atoms with Crippen molar-refractivity contribution in [2.24, 2.45) is 0 Å². The number of nitrogens with two attached hydrogens (primary N) is 1. The van der Waals surface area contributed by atoms with E-state index in [2.05, 4.69) is 20.2 Å². The molecule has 0 aliphatic rings. The minimum absolute atomic E-state index is 0.332. The first-order valence-electron chi connectivity index (χ1n) is 4.27. The van der Waals surface area contributed by atoms with Crippen molar-refractivity contribution >= 4 is 11.9 Å². The van der Waals surface area contributed by atoms with Crippen LogP contribution in [-0.4, -0.2) is 27.2 Å². The normalized spacial score (nSPS) is 10.4. The molecule has 0 bridgehead atoms. The molecule has 0 saturated heterocycles. The molecular formula is C8H12N6.